The number of hydrogen-bond donors (Lipinski definition) is 1. The molecule has 5 nitrogen and oxygen atoms in total. The second-order valence-electron chi connectivity index (χ2n) is 6.13. The van der Waals surface area contributed by atoms with E-state index in [2.05, 4.69) is 4.90 Å². The van der Waals surface area contributed by atoms with E-state index < -0.39 is 6.10 Å². The molecule has 0 unspecified atom stereocenters. The maximum Gasteiger partial charge on any atom is 0.254 e. The quantitative estimate of drug-likeness (QED) is 0.914. The van der Waals surface area contributed by atoms with Gasteiger partial charge in [0.1, 0.15) is 0 Å². The standard InChI is InChI=1S/C16H24N2O3S/c1-17(16(20)12-5-10-22-11-12)13-3-2-4-14(15(13)19)18-6-8-21-9-7-18/h5,10-11,13-15,19H,2-4,6-9H2,1H3/t13-,14-,15-/m1/s1. The number of ether oxygens (including phenoxy) is 1. The maximum atomic E-state index is 12.5. The first kappa shape index (κ1) is 15.9. The average molecular weight is 324 g/mol. The van der Waals surface area contributed by atoms with Gasteiger partial charge in [-0.15, -0.1) is 0 Å². The number of nitrogens with zero attached hydrogens (tertiary/aromatic N) is 2. The van der Waals surface area contributed by atoms with E-state index in [1.807, 2.05) is 23.9 Å². The molecule has 0 spiro atoms. The Hall–Kier alpha value is -0.950. The zero-order valence-corrected chi connectivity index (χ0v) is 13.8. The van der Waals surface area contributed by atoms with E-state index in [1.165, 1.54) is 11.3 Å². The van der Waals surface area contributed by atoms with E-state index >= 15 is 0 Å². The summed E-state index contributed by atoms with van der Waals surface area (Å²) in [5.74, 6) is 0.00734. The molecule has 1 saturated heterocycles. The first-order valence-electron chi connectivity index (χ1n) is 7.97. The SMILES string of the molecule is CN(C(=O)c1ccsc1)[C@@H]1CCC[C@@H](N2CCOCC2)[C@@H]1O. The third kappa shape index (κ3) is 3.20. The molecule has 3 rings (SSSR count). The average Bonchev–Trinajstić information content (AvgIpc) is 3.09. The van der Waals surface area contributed by atoms with Crippen LogP contribution in [0.15, 0.2) is 16.8 Å². The van der Waals surface area contributed by atoms with Crippen molar-refractivity contribution in [3.8, 4) is 0 Å². The van der Waals surface area contributed by atoms with E-state index in [-0.39, 0.29) is 18.0 Å². The van der Waals surface area contributed by atoms with Gasteiger partial charge >= 0.3 is 0 Å². The summed E-state index contributed by atoms with van der Waals surface area (Å²) in [5, 5.41) is 14.6. The Morgan fingerprint density at radius 1 is 1.41 bits per heavy atom. The van der Waals surface area contributed by atoms with Crippen LogP contribution in [0.4, 0.5) is 0 Å². The topological polar surface area (TPSA) is 53.0 Å². The number of morpholine rings is 1. The predicted molar refractivity (Wildman–Crippen MR) is 86.2 cm³/mol. The lowest BCUT2D eigenvalue weighted by Gasteiger charge is -2.45. The predicted octanol–water partition coefficient (Wildman–Crippen LogP) is 1.43. The number of aliphatic hydroxyl groups is 1. The number of carbonyl (C=O) groups excluding carboxylic acids is 1. The Balaban J connectivity index is 1.68. The fraction of sp³-hybridized carbons (Fsp3) is 0.688. The molecule has 2 heterocycles. The zero-order chi connectivity index (χ0) is 15.5. The van der Waals surface area contributed by atoms with Crippen LogP contribution in [0.25, 0.3) is 0 Å². The molecule has 6 heteroatoms. The molecule has 1 N–H and O–H groups in total. The molecule has 0 aromatic carbocycles. The lowest BCUT2D eigenvalue weighted by molar-refractivity contribution is -0.0613. The van der Waals surface area contributed by atoms with Crippen LogP contribution in [0.3, 0.4) is 0 Å². The molecule has 1 aliphatic carbocycles. The fourth-order valence-corrected chi connectivity index (χ4v) is 4.23. The molecule has 0 bridgehead atoms. The third-order valence-corrected chi connectivity index (χ3v) is 5.57. The van der Waals surface area contributed by atoms with Crippen molar-refractivity contribution < 1.29 is 14.6 Å². The Kier molecular flexibility index (Phi) is 5.13. The summed E-state index contributed by atoms with van der Waals surface area (Å²) < 4.78 is 5.40. The molecule has 2 aliphatic rings. The van der Waals surface area contributed by atoms with Gasteiger partial charge in [0.15, 0.2) is 0 Å². The van der Waals surface area contributed by atoms with E-state index in [0.29, 0.717) is 5.56 Å². The van der Waals surface area contributed by atoms with Gasteiger partial charge in [-0.2, -0.15) is 11.3 Å². The minimum Gasteiger partial charge on any atom is -0.389 e. The molecule has 1 saturated carbocycles. The summed E-state index contributed by atoms with van der Waals surface area (Å²) in [6.45, 7) is 3.21. The lowest BCUT2D eigenvalue weighted by atomic mass is 9.86. The van der Waals surface area contributed by atoms with Gasteiger partial charge in [-0.3, -0.25) is 9.69 Å². The number of aliphatic hydroxyl groups excluding tert-OH is 1. The van der Waals surface area contributed by atoms with Gasteiger partial charge in [-0.05, 0) is 30.7 Å². The van der Waals surface area contributed by atoms with Crippen LogP contribution in [0.1, 0.15) is 29.6 Å². The Labute approximate surface area is 135 Å². The summed E-state index contributed by atoms with van der Waals surface area (Å²) in [7, 11) is 1.82. The molecule has 3 atom stereocenters. The number of likely N-dealkylation sites (N-methyl/N-ethyl adjacent to an activating group) is 1. The molecular formula is C16H24N2O3S. The fourth-order valence-electron chi connectivity index (χ4n) is 3.60. The lowest BCUT2D eigenvalue weighted by Crippen LogP contribution is -2.58. The number of rotatable bonds is 3. The number of thiophene rings is 1. The van der Waals surface area contributed by atoms with Crippen molar-refractivity contribution in [2.75, 3.05) is 33.4 Å². The Bertz CT molecular complexity index is 488. The van der Waals surface area contributed by atoms with Gasteiger partial charge < -0.3 is 14.7 Å². The molecule has 122 valence electrons. The minimum absolute atomic E-state index is 0.00734. The highest BCUT2D eigenvalue weighted by atomic mass is 32.1. The minimum atomic E-state index is -0.487. The first-order valence-corrected chi connectivity index (χ1v) is 8.92. The van der Waals surface area contributed by atoms with E-state index in [0.717, 1.165) is 45.6 Å². The van der Waals surface area contributed by atoms with Crippen LogP contribution in [-0.2, 0) is 4.74 Å². The Morgan fingerprint density at radius 2 is 2.18 bits per heavy atom. The van der Waals surface area contributed by atoms with Gasteiger partial charge in [0.25, 0.3) is 5.91 Å². The maximum absolute atomic E-state index is 12.5. The smallest absolute Gasteiger partial charge is 0.254 e. The van der Waals surface area contributed by atoms with Crippen molar-refractivity contribution in [2.24, 2.45) is 0 Å². The van der Waals surface area contributed by atoms with Gasteiger partial charge in [0.05, 0.1) is 30.9 Å². The number of hydrogen-bond acceptors (Lipinski definition) is 5. The normalized spacial score (nSPS) is 30.2. The monoisotopic (exact) mass is 324 g/mol. The highest BCUT2D eigenvalue weighted by Gasteiger charge is 2.39. The largest absolute Gasteiger partial charge is 0.389 e. The van der Waals surface area contributed by atoms with Crippen molar-refractivity contribution in [3.63, 3.8) is 0 Å². The van der Waals surface area contributed by atoms with Crippen LogP contribution in [0.5, 0.6) is 0 Å². The van der Waals surface area contributed by atoms with Crippen LogP contribution >= 0.6 is 11.3 Å². The molecule has 1 amide bonds. The highest BCUT2D eigenvalue weighted by Crippen LogP contribution is 2.28. The molecule has 2 fully saturated rings. The van der Waals surface area contributed by atoms with Crippen molar-refractivity contribution in [2.45, 2.75) is 37.5 Å². The van der Waals surface area contributed by atoms with E-state index in [9.17, 15) is 9.90 Å². The van der Waals surface area contributed by atoms with Gasteiger partial charge in [0.2, 0.25) is 0 Å². The summed E-state index contributed by atoms with van der Waals surface area (Å²) in [4.78, 5) is 16.6. The van der Waals surface area contributed by atoms with Crippen molar-refractivity contribution in [1.29, 1.82) is 0 Å². The zero-order valence-electron chi connectivity index (χ0n) is 13.0. The second kappa shape index (κ2) is 7.08. The molecular weight excluding hydrogens is 300 g/mol. The Morgan fingerprint density at radius 3 is 2.86 bits per heavy atom. The van der Waals surface area contributed by atoms with Gasteiger partial charge in [0, 0.05) is 31.6 Å². The molecule has 1 aromatic heterocycles. The van der Waals surface area contributed by atoms with Gasteiger partial charge in [-0.1, -0.05) is 0 Å². The number of carbonyl (C=O) groups is 1. The molecule has 1 aromatic rings. The number of amides is 1. The summed E-state index contributed by atoms with van der Waals surface area (Å²) >= 11 is 1.52. The van der Waals surface area contributed by atoms with Crippen LogP contribution in [0, 0.1) is 0 Å². The third-order valence-electron chi connectivity index (χ3n) is 4.89. The summed E-state index contributed by atoms with van der Waals surface area (Å²) in [6.07, 6.45) is 2.43. The molecule has 1 aliphatic heterocycles. The summed E-state index contributed by atoms with van der Waals surface area (Å²) in [6, 6.07) is 1.88. The highest BCUT2D eigenvalue weighted by molar-refractivity contribution is 7.08. The first-order chi connectivity index (χ1) is 10.7. The van der Waals surface area contributed by atoms with E-state index in [1.54, 1.807) is 4.90 Å². The van der Waals surface area contributed by atoms with Crippen molar-refractivity contribution in [3.05, 3.63) is 22.4 Å². The van der Waals surface area contributed by atoms with Crippen LogP contribution in [-0.4, -0.2) is 72.4 Å². The van der Waals surface area contributed by atoms with Crippen LogP contribution < -0.4 is 0 Å². The van der Waals surface area contributed by atoms with Gasteiger partial charge in [-0.25, -0.2) is 0 Å². The van der Waals surface area contributed by atoms with E-state index in [4.69, 9.17) is 4.74 Å². The second-order valence-corrected chi connectivity index (χ2v) is 6.91. The van der Waals surface area contributed by atoms with Crippen molar-refractivity contribution >= 4 is 17.2 Å². The molecule has 22 heavy (non-hydrogen) atoms. The molecule has 0 radical (unpaired) electrons. The van der Waals surface area contributed by atoms with Crippen molar-refractivity contribution in [1.82, 2.24) is 9.80 Å². The summed E-state index contributed by atoms with van der Waals surface area (Å²) in [5.41, 5.74) is 0.716. The van der Waals surface area contributed by atoms with Crippen LogP contribution in [0.2, 0.25) is 0 Å².